The highest BCUT2D eigenvalue weighted by Crippen LogP contribution is 2.36. The van der Waals surface area contributed by atoms with Crippen LogP contribution in [-0.2, 0) is 16.6 Å². The molecule has 26 heavy (non-hydrogen) atoms. The van der Waals surface area contributed by atoms with Crippen molar-refractivity contribution in [1.29, 1.82) is 0 Å². The van der Waals surface area contributed by atoms with Crippen molar-refractivity contribution >= 4 is 15.8 Å². The molecule has 0 spiro atoms. The van der Waals surface area contributed by atoms with Gasteiger partial charge in [0.05, 0.1) is 24.7 Å². The van der Waals surface area contributed by atoms with Crippen molar-refractivity contribution in [3.63, 3.8) is 0 Å². The highest BCUT2D eigenvalue weighted by Gasteiger charge is 2.36. The minimum atomic E-state index is -3.70. The van der Waals surface area contributed by atoms with E-state index in [1.54, 1.807) is 54.9 Å². The van der Waals surface area contributed by atoms with Crippen molar-refractivity contribution in [3.8, 4) is 17.4 Å². The van der Waals surface area contributed by atoms with Crippen LogP contribution < -0.4 is 13.8 Å². The molecule has 0 amide bonds. The number of ether oxygens (including phenoxy) is 2. The van der Waals surface area contributed by atoms with Gasteiger partial charge in [0.25, 0.3) is 10.0 Å². The molecule has 0 N–H and O–H groups in total. The molecule has 4 rings (SSSR count). The van der Waals surface area contributed by atoms with Crippen molar-refractivity contribution in [2.45, 2.75) is 11.4 Å². The fourth-order valence-electron chi connectivity index (χ4n) is 2.72. The van der Waals surface area contributed by atoms with Crippen molar-refractivity contribution < 1.29 is 17.9 Å². The van der Waals surface area contributed by atoms with Crippen molar-refractivity contribution in [2.75, 3.05) is 11.4 Å². The Hall–Kier alpha value is -3.13. The van der Waals surface area contributed by atoms with E-state index in [1.807, 2.05) is 0 Å². The fourth-order valence-corrected chi connectivity index (χ4v) is 4.35. The third-order valence-corrected chi connectivity index (χ3v) is 5.81. The van der Waals surface area contributed by atoms with E-state index in [4.69, 9.17) is 9.47 Å². The lowest BCUT2D eigenvalue weighted by Gasteiger charge is -2.16. The number of hydrogen-bond acceptors (Lipinski definition) is 6. The molecule has 1 aromatic carbocycles. The summed E-state index contributed by atoms with van der Waals surface area (Å²) in [5.41, 5.74) is 0.700. The topological polar surface area (TPSA) is 81.6 Å². The summed E-state index contributed by atoms with van der Waals surface area (Å²) < 4.78 is 37.8. The summed E-state index contributed by atoms with van der Waals surface area (Å²) in [7, 11) is -2.20. The Labute approximate surface area is 150 Å². The highest BCUT2D eigenvalue weighted by atomic mass is 32.2. The summed E-state index contributed by atoms with van der Waals surface area (Å²) in [4.78, 5) is 8.55. The van der Waals surface area contributed by atoms with Crippen LogP contribution in [0.3, 0.4) is 0 Å². The predicted octanol–water partition coefficient (Wildman–Crippen LogP) is 2.99. The van der Waals surface area contributed by atoms with Gasteiger partial charge < -0.3 is 9.47 Å². The van der Waals surface area contributed by atoms with E-state index in [0.29, 0.717) is 28.8 Å². The number of benzene rings is 1. The average Bonchev–Trinajstić information content (AvgIpc) is 2.93. The molecule has 0 aliphatic carbocycles. The van der Waals surface area contributed by atoms with Gasteiger partial charge in [0.1, 0.15) is 17.3 Å². The van der Waals surface area contributed by atoms with Gasteiger partial charge in [-0.1, -0.05) is 12.1 Å². The van der Waals surface area contributed by atoms with Crippen LogP contribution in [0.15, 0.2) is 65.8 Å². The van der Waals surface area contributed by atoms with Gasteiger partial charge in [-0.25, -0.2) is 12.7 Å². The van der Waals surface area contributed by atoms with Crippen molar-refractivity contribution in [3.05, 3.63) is 66.5 Å². The Bertz CT molecular complexity index is 1060. The van der Waals surface area contributed by atoms with Crippen molar-refractivity contribution in [2.24, 2.45) is 0 Å². The van der Waals surface area contributed by atoms with Crippen LogP contribution >= 0.6 is 0 Å². The van der Waals surface area contributed by atoms with E-state index in [9.17, 15) is 8.42 Å². The minimum absolute atomic E-state index is 0.213. The lowest BCUT2D eigenvalue weighted by atomic mass is 10.2. The highest BCUT2D eigenvalue weighted by molar-refractivity contribution is 7.93. The zero-order valence-electron chi connectivity index (χ0n) is 13.9. The Kier molecular flexibility index (Phi) is 3.96. The third kappa shape index (κ3) is 2.84. The van der Waals surface area contributed by atoms with Gasteiger partial charge in [0, 0.05) is 18.3 Å². The zero-order chi connectivity index (χ0) is 18.1. The van der Waals surface area contributed by atoms with Gasteiger partial charge in [-0.05, 0) is 29.8 Å². The predicted molar refractivity (Wildman–Crippen MR) is 94.9 cm³/mol. The SMILES string of the molecule is COc1ccc2c(c1)S(=O)(=O)N(c1cccc(Oc3cccnc3)n1)C2. The summed E-state index contributed by atoms with van der Waals surface area (Å²) in [6.07, 6.45) is 3.20. The van der Waals surface area contributed by atoms with E-state index in [2.05, 4.69) is 9.97 Å². The zero-order valence-corrected chi connectivity index (χ0v) is 14.7. The van der Waals surface area contributed by atoms with Crippen LogP contribution in [0.25, 0.3) is 0 Å². The molecule has 0 unspecified atom stereocenters. The molecule has 2 aromatic heterocycles. The molecule has 0 saturated heterocycles. The molecule has 0 fully saturated rings. The van der Waals surface area contributed by atoms with E-state index in [0.717, 1.165) is 0 Å². The molecule has 0 bridgehead atoms. The van der Waals surface area contributed by atoms with E-state index in [1.165, 1.54) is 17.5 Å². The smallest absolute Gasteiger partial charge is 0.266 e. The number of aromatic nitrogens is 2. The molecule has 0 saturated carbocycles. The molecule has 8 heteroatoms. The number of sulfonamides is 1. The van der Waals surface area contributed by atoms with E-state index < -0.39 is 10.0 Å². The maximum absolute atomic E-state index is 12.9. The van der Waals surface area contributed by atoms with Gasteiger partial charge in [-0.3, -0.25) is 4.98 Å². The van der Waals surface area contributed by atoms with Crippen molar-refractivity contribution in [1.82, 2.24) is 9.97 Å². The summed E-state index contributed by atoms with van der Waals surface area (Å²) in [5.74, 6) is 1.60. The van der Waals surface area contributed by atoms with Gasteiger partial charge in [-0.15, -0.1) is 0 Å². The molecular weight excluding hydrogens is 354 g/mol. The molecule has 132 valence electrons. The minimum Gasteiger partial charge on any atom is -0.497 e. The molecule has 0 atom stereocenters. The third-order valence-electron chi connectivity index (χ3n) is 3.98. The van der Waals surface area contributed by atoms with E-state index in [-0.39, 0.29) is 11.4 Å². The lowest BCUT2D eigenvalue weighted by Crippen LogP contribution is -2.24. The Morgan fingerprint density at radius 1 is 1.08 bits per heavy atom. The van der Waals surface area contributed by atoms with Gasteiger partial charge in [0.2, 0.25) is 5.88 Å². The summed E-state index contributed by atoms with van der Waals surface area (Å²) >= 11 is 0. The largest absolute Gasteiger partial charge is 0.497 e. The monoisotopic (exact) mass is 369 g/mol. The van der Waals surface area contributed by atoms with Gasteiger partial charge in [-0.2, -0.15) is 4.98 Å². The number of fused-ring (bicyclic) bond motifs is 1. The number of hydrogen-bond donors (Lipinski definition) is 0. The van der Waals surface area contributed by atoms with Crippen LogP contribution in [0, 0.1) is 0 Å². The second kappa shape index (κ2) is 6.30. The van der Waals surface area contributed by atoms with Crippen LogP contribution in [0.2, 0.25) is 0 Å². The van der Waals surface area contributed by atoms with E-state index >= 15 is 0 Å². The number of nitrogens with zero attached hydrogens (tertiary/aromatic N) is 3. The molecular formula is C18H15N3O4S. The van der Waals surface area contributed by atoms with Crippen LogP contribution in [-0.4, -0.2) is 25.5 Å². The maximum atomic E-state index is 12.9. The molecule has 0 radical (unpaired) electrons. The Morgan fingerprint density at radius 3 is 2.73 bits per heavy atom. The Morgan fingerprint density at radius 2 is 1.96 bits per heavy atom. The van der Waals surface area contributed by atoms with Gasteiger partial charge in [0.15, 0.2) is 0 Å². The molecule has 3 aromatic rings. The van der Waals surface area contributed by atoms with Crippen LogP contribution in [0.4, 0.5) is 5.82 Å². The first-order valence-corrected chi connectivity index (χ1v) is 9.26. The maximum Gasteiger partial charge on any atom is 0.266 e. The Balaban J connectivity index is 1.67. The number of rotatable bonds is 4. The number of anilines is 1. The van der Waals surface area contributed by atoms with Crippen LogP contribution in [0.5, 0.6) is 17.4 Å². The average molecular weight is 369 g/mol. The first kappa shape index (κ1) is 16.3. The molecule has 3 heterocycles. The van der Waals surface area contributed by atoms with Crippen LogP contribution in [0.1, 0.15) is 5.56 Å². The van der Waals surface area contributed by atoms with Gasteiger partial charge >= 0.3 is 0 Å². The quantitative estimate of drug-likeness (QED) is 0.703. The first-order chi connectivity index (χ1) is 12.6. The first-order valence-electron chi connectivity index (χ1n) is 7.82. The summed E-state index contributed by atoms with van der Waals surface area (Å²) in [5, 5.41) is 0. The molecule has 1 aliphatic heterocycles. The fraction of sp³-hybridized carbons (Fsp3) is 0.111. The number of pyridine rings is 2. The second-order valence-electron chi connectivity index (χ2n) is 5.61. The summed E-state index contributed by atoms with van der Waals surface area (Å²) in [6.45, 7) is 0.213. The molecule has 1 aliphatic rings. The number of methoxy groups -OCH3 is 1. The molecule has 7 nitrogen and oxygen atoms in total. The summed E-state index contributed by atoms with van der Waals surface area (Å²) in [6, 6.07) is 13.5. The standard InChI is InChI=1S/C18H15N3O4S/c1-24-14-8-7-13-12-21(26(22,23)16(13)10-14)17-5-2-6-18(20-17)25-15-4-3-9-19-11-15/h2-11H,12H2,1H3. The second-order valence-corrected chi connectivity index (χ2v) is 7.44. The lowest BCUT2D eigenvalue weighted by molar-refractivity contribution is 0.413. The normalized spacial score (nSPS) is 14.7.